The second-order valence-corrected chi connectivity index (χ2v) is 8.28. The minimum Gasteiger partial charge on any atom is -0.497 e. The fourth-order valence-electron chi connectivity index (χ4n) is 3.90. The number of carbonyl (C=O) groups excluding carboxylic acids is 1. The van der Waals surface area contributed by atoms with E-state index >= 15 is 0 Å². The molecule has 6 nitrogen and oxygen atoms in total. The molecule has 0 bridgehead atoms. The Morgan fingerprint density at radius 3 is 2.80 bits per heavy atom. The van der Waals surface area contributed by atoms with Gasteiger partial charge in [0.15, 0.2) is 0 Å². The smallest absolute Gasteiger partial charge is 0.321 e. The Morgan fingerprint density at radius 1 is 1.37 bits per heavy atom. The lowest BCUT2D eigenvalue weighted by atomic mass is 9.75. The predicted octanol–water partition coefficient (Wildman–Crippen LogP) is 3.79. The fourth-order valence-corrected chi connectivity index (χ4v) is 4.08. The van der Waals surface area contributed by atoms with Gasteiger partial charge in [0, 0.05) is 31.2 Å². The van der Waals surface area contributed by atoms with Gasteiger partial charge in [0.2, 0.25) is 0 Å². The van der Waals surface area contributed by atoms with Crippen molar-refractivity contribution in [1.82, 2.24) is 9.80 Å². The molecule has 30 heavy (non-hydrogen) atoms. The van der Waals surface area contributed by atoms with E-state index < -0.39 is 11.4 Å². The van der Waals surface area contributed by atoms with Crippen LogP contribution in [-0.4, -0.2) is 61.8 Å². The zero-order valence-electron chi connectivity index (χ0n) is 17.4. The maximum atomic E-state index is 13.4. The molecular formula is C22H27ClFN3O3. The summed E-state index contributed by atoms with van der Waals surface area (Å²) in [5.74, 6) is -0.0733. The van der Waals surface area contributed by atoms with Crippen molar-refractivity contribution < 1.29 is 19.0 Å². The highest BCUT2D eigenvalue weighted by atomic mass is 35.5. The second kappa shape index (κ2) is 9.20. The van der Waals surface area contributed by atoms with Crippen molar-refractivity contribution in [1.29, 1.82) is 0 Å². The van der Waals surface area contributed by atoms with Crippen LogP contribution < -0.4 is 10.1 Å². The summed E-state index contributed by atoms with van der Waals surface area (Å²) in [6.45, 7) is 1.34. The third-order valence-corrected chi connectivity index (χ3v) is 5.78. The molecular weight excluding hydrogens is 409 g/mol. The van der Waals surface area contributed by atoms with Crippen molar-refractivity contribution >= 4 is 23.3 Å². The number of urea groups is 1. The molecule has 0 aromatic heterocycles. The zero-order chi connectivity index (χ0) is 21.9. The molecule has 0 radical (unpaired) electrons. The van der Waals surface area contributed by atoms with Crippen molar-refractivity contribution in [3.05, 3.63) is 58.9 Å². The lowest BCUT2D eigenvalue weighted by molar-refractivity contribution is -0.0750. The number of likely N-dealkylation sites (tertiary alicyclic amines) is 1. The number of aliphatic hydroxyl groups is 1. The number of hydrogen-bond acceptors (Lipinski definition) is 4. The van der Waals surface area contributed by atoms with E-state index in [2.05, 4.69) is 5.32 Å². The van der Waals surface area contributed by atoms with Crippen LogP contribution in [0.25, 0.3) is 0 Å². The molecule has 1 aliphatic rings. The number of hydrogen-bond donors (Lipinski definition) is 2. The standard InChI is InChI=1S/C22H27ClFN3O3/c1-26(2)13-16-14-27(21(28)25-17-7-8-20(24)19(23)12-17)10-9-22(16,29)15-5-4-6-18(11-15)30-3/h4-8,11-12,16,29H,9-10,13-14H2,1-3H3,(H,25,28). The van der Waals surface area contributed by atoms with Crippen LogP contribution in [0.5, 0.6) is 5.75 Å². The van der Waals surface area contributed by atoms with E-state index in [1.165, 1.54) is 18.2 Å². The maximum absolute atomic E-state index is 13.4. The molecule has 1 saturated heterocycles. The van der Waals surface area contributed by atoms with Crippen LogP contribution in [0, 0.1) is 11.7 Å². The molecule has 162 valence electrons. The number of nitrogens with one attached hydrogen (secondary N) is 1. The fraction of sp³-hybridized carbons (Fsp3) is 0.409. The average molecular weight is 436 g/mol. The number of carbonyl (C=O) groups is 1. The van der Waals surface area contributed by atoms with Crippen molar-refractivity contribution in [3.8, 4) is 5.75 Å². The lowest BCUT2D eigenvalue weighted by Gasteiger charge is -2.45. The Hall–Kier alpha value is -2.35. The molecule has 2 atom stereocenters. The summed E-state index contributed by atoms with van der Waals surface area (Å²) in [4.78, 5) is 16.5. The van der Waals surface area contributed by atoms with Crippen molar-refractivity contribution in [2.75, 3.05) is 46.2 Å². The van der Waals surface area contributed by atoms with Gasteiger partial charge in [0.25, 0.3) is 0 Å². The molecule has 3 rings (SSSR count). The molecule has 0 spiro atoms. The van der Waals surface area contributed by atoms with Crippen LogP contribution in [-0.2, 0) is 5.60 Å². The number of benzene rings is 2. The van der Waals surface area contributed by atoms with Crippen molar-refractivity contribution in [2.45, 2.75) is 12.0 Å². The van der Waals surface area contributed by atoms with Gasteiger partial charge in [-0.3, -0.25) is 0 Å². The molecule has 0 saturated carbocycles. The third-order valence-electron chi connectivity index (χ3n) is 5.49. The van der Waals surface area contributed by atoms with Gasteiger partial charge in [-0.15, -0.1) is 0 Å². The van der Waals surface area contributed by atoms with Crippen LogP contribution in [0.15, 0.2) is 42.5 Å². The first kappa shape index (κ1) is 22.3. The van der Waals surface area contributed by atoms with Gasteiger partial charge in [0.1, 0.15) is 11.6 Å². The van der Waals surface area contributed by atoms with Crippen LogP contribution in [0.4, 0.5) is 14.9 Å². The van der Waals surface area contributed by atoms with E-state index in [1.807, 2.05) is 43.3 Å². The first-order valence-electron chi connectivity index (χ1n) is 9.75. The quantitative estimate of drug-likeness (QED) is 0.750. The molecule has 2 unspecified atom stereocenters. The van der Waals surface area contributed by atoms with Crippen LogP contribution >= 0.6 is 11.6 Å². The third kappa shape index (κ3) is 4.86. The summed E-state index contributed by atoms with van der Waals surface area (Å²) < 4.78 is 18.7. The average Bonchev–Trinajstić information content (AvgIpc) is 2.72. The summed E-state index contributed by atoms with van der Waals surface area (Å²) in [5.41, 5.74) is 0.109. The Morgan fingerprint density at radius 2 is 2.13 bits per heavy atom. The van der Waals surface area contributed by atoms with Gasteiger partial charge in [-0.1, -0.05) is 23.7 Å². The Bertz CT molecular complexity index is 911. The summed E-state index contributed by atoms with van der Waals surface area (Å²) in [6, 6.07) is 11.2. The van der Waals surface area contributed by atoms with Crippen LogP contribution in [0.2, 0.25) is 5.02 Å². The van der Waals surface area contributed by atoms with E-state index in [1.54, 1.807) is 12.0 Å². The van der Waals surface area contributed by atoms with E-state index in [9.17, 15) is 14.3 Å². The molecule has 0 aliphatic carbocycles. The van der Waals surface area contributed by atoms with Crippen molar-refractivity contribution in [2.24, 2.45) is 5.92 Å². The number of piperidine rings is 1. The van der Waals surface area contributed by atoms with Crippen LogP contribution in [0.3, 0.4) is 0 Å². The van der Waals surface area contributed by atoms with E-state index in [0.717, 1.165) is 5.56 Å². The molecule has 8 heteroatoms. The number of amides is 2. The summed E-state index contributed by atoms with van der Waals surface area (Å²) in [5, 5.41) is 14.3. The lowest BCUT2D eigenvalue weighted by Crippen LogP contribution is -2.55. The minimum absolute atomic E-state index is 0.0515. The molecule has 1 fully saturated rings. The Balaban J connectivity index is 1.79. The number of ether oxygens (including phenoxy) is 1. The monoisotopic (exact) mass is 435 g/mol. The molecule has 2 N–H and O–H groups in total. The Labute approximate surface area is 181 Å². The SMILES string of the molecule is COc1cccc(C2(O)CCN(C(=O)Nc3ccc(F)c(Cl)c3)CC2CN(C)C)c1. The van der Waals surface area contributed by atoms with Gasteiger partial charge >= 0.3 is 6.03 Å². The number of anilines is 1. The molecule has 1 aliphatic heterocycles. The molecule has 2 aromatic rings. The minimum atomic E-state index is -1.09. The van der Waals surface area contributed by atoms with Gasteiger partial charge in [-0.05, 0) is 56.4 Å². The predicted molar refractivity (Wildman–Crippen MR) is 116 cm³/mol. The maximum Gasteiger partial charge on any atom is 0.321 e. The summed E-state index contributed by atoms with van der Waals surface area (Å²) >= 11 is 5.80. The normalized spacial score (nSPS) is 21.6. The number of nitrogens with zero attached hydrogens (tertiary/aromatic N) is 2. The largest absolute Gasteiger partial charge is 0.497 e. The summed E-state index contributed by atoms with van der Waals surface area (Å²) in [6.07, 6.45) is 0.385. The number of halogens is 2. The van der Waals surface area contributed by atoms with Gasteiger partial charge in [-0.2, -0.15) is 0 Å². The second-order valence-electron chi connectivity index (χ2n) is 7.87. The van der Waals surface area contributed by atoms with E-state index in [-0.39, 0.29) is 17.0 Å². The molecule has 2 aromatic carbocycles. The first-order chi connectivity index (χ1) is 14.2. The summed E-state index contributed by atoms with van der Waals surface area (Å²) in [7, 11) is 5.46. The van der Waals surface area contributed by atoms with E-state index in [4.69, 9.17) is 16.3 Å². The topological polar surface area (TPSA) is 65.0 Å². The zero-order valence-corrected chi connectivity index (χ0v) is 18.1. The highest BCUT2D eigenvalue weighted by Crippen LogP contribution is 2.39. The number of methoxy groups -OCH3 is 1. The highest BCUT2D eigenvalue weighted by molar-refractivity contribution is 6.31. The van der Waals surface area contributed by atoms with Gasteiger partial charge < -0.3 is 25.0 Å². The van der Waals surface area contributed by atoms with Gasteiger partial charge in [0.05, 0.1) is 17.7 Å². The highest BCUT2D eigenvalue weighted by Gasteiger charge is 2.44. The molecule has 2 amide bonds. The van der Waals surface area contributed by atoms with E-state index in [0.29, 0.717) is 37.5 Å². The Kier molecular flexibility index (Phi) is 6.85. The first-order valence-corrected chi connectivity index (χ1v) is 10.1. The number of rotatable bonds is 5. The van der Waals surface area contributed by atoms with Crippen molar-refractivity contribution in [3.63, 3.8) is 0 Å². The molecule has 1 heterocycles. The van der Waals surface area contributed by atoms with Gasteiger partial charge in [-0.25, -0.2) is 9.18 Å². The van der Waals surface area contributed by atoms with Crippen LogP contribution in [0.1, 0.15) is 12.0 Å².